The maximum atomic E-state index is 10.3. The van der Waals surface area contributed by atoms with Crippen molar-refractivity contribution in [1.82, 2.24) is 4.98 Å². The van der Waals surface area contributed by atoms with Crippen LogP contribution >= 0.6 is 15.9 Å². The predicted octanol–water partition coefficient (Wildman–Crippen LogP) is 1.18. The third kappa shape index (κ3) is 2.20. The van der Waals surface area contributed by atoms with Crippen molar-refractivity contribution in [2.24, 2.45) is 0 Å². The van der Waals surface area contributed by atoms with Gasteiger partial charge >= 0.3 is 5.97 Å². The second-order valence-electron chi connectivity index (χ2n) is 2.17. The molecule has 0 spiro atoms. The SMILES string of the molecule is O=C(O)Cc1nc(Br)ccc1O. The van der Waals surface area contributed by atoms with Crippen LogP contribution in [0.3, 0.4) is 0 Å². The largest absolute Gasteiger partial charge is 0.506 e. The number of carboxylic acid groups (broad SMARTS) is 1. The minimum atomic E-state index is -1.02. The molecule has 0 saturated heterocycles. The highest BCUT2D eigenvalue weighted by atomic mass is 79.9. The molecule has 1 aromatic rings. The lowest BCUT2D eigenvalue weighted by atomic mass is 10.2. The molecule has 0 unspecified atom stereocenters. The number of hydrogen-bond donors (Lipinski definition) is 2. The zero-order valence-electron chi connectivity index (χ0n) is 5.99. The second kappa shape index (κ2) is 3.53. The fraction of sp³-hybridized carbons (Fsp3) is 0.143. The number of aliphatic carboxylic acids is 1. The van der Waals surface area contributed by atoms with Crippen molar-refractivity contribution >= 4 is 21.9 Å². The Morgan fingerprint density at radius 3 is 2.83 bits per heavy atom. The average molecular weight is 232 g/mol. The van der Waals surface area contributed by atoms with E-state index < -0.39 is 5.97 Å². The highest BCUT2D eigenvalue weighted by Gasteiger charge is 2.07. The molecule has 0 atom stereocenters. The van der Waals surface area contributed by atoms with Crippen molar-refractivity contribution in [1.29, 1.82) is 0 Å². The van der Waals surface area contributed by atoms with Gasteiger partial charge in [0, 0.05) is 0 Å². The van der Waals surface area contributed by atoms with Gasteiger partial charge in [-0.15, -0.1) is 0 Å². The quantitative estimate of drug-likeness (QED) is 0.751. The van der Waals surface area contributed by atoms with Gasteiger partial charge in [0.2, 0.25) is 0 Å². The number of pyridine rings is 1. The van der Waals surface area contributed by atoms with Gasteiger partial charge in [0.15, 0.2) is 0 Å². The van der Waals surface area contributed by atoms with Gasteiger partial charge in [0.05, 0.1) is 12.1 Å². The van der Waals surface area contributed by atoms with Gasteiger partial charge in [-0.25, -0.2) is 4.98 Å². The Kier molecular flexibility index (Phi) is 2.65. The van der Waals surface area contributed by atoms with Gasteiger partial charge in [0.1, 0.15) is 10.4 Å². The number of hydrogen-bond acceptors (Lipinski definition) is 3. The molecule has 0 fully saturated rings. The van der Waals surface area contributed by atoms with Gasteiger partial charge in [-0.05, 0) is 28.1 Å². The number of carbonyl (C=O) groups is 1. The molecule has 4 nitrogen and oxygen atoms in total. The zero-order valence-corrected chi connectivity index (χ0v) is 7.58. The smallest absolute Gasteiger partial charge is 0.309 e. The molecule has 0 aromatic carbocycles. The van der Waals surface area contributed by atoms with Crippen LogP contribution in [-0.4, -0.2) is 21.2 Å². The topological polar surface area (TPSA) is 70.4 Å². The molecule has 12 heavy (non-hydrogen) atoms. The third-order valence-electron chi connectivity index (χ3n) is 1.23. The number of carboxylic acids is 1. The molecule has 2 N–H and O–H groups in total. The number of aromatic hydroxyl groups is 1. The summed E-state index contributed by atoms with van der Waals surface area (Å²) in [4.78, 5) is 14.1. The lowest BCUT2D eigenvalue weighted by Crippen LogP contribution is -2.02. The summed E-state index contributed by atoms with van der Waals surface area (Å²) in [7, 11) is 0. The summed E-state index contributed by atoms with van der Waals surface area (Å²) in [5, 5.41) is 17.6. The van der Waals surface area contributed by atoms with Crippen molar-refractivity contribution in [3.8, 4) is 5.75 Å². The predicted molar refractivity (Wildman–Crippen MR) is 44.9 cm³/mol. The molecule has 0 aliphatic heterocycles. The maximum Gasteiger partial charge on any atom is 0.309 e. The van der Waals surface area contributed by atoms with Crippen molar-refractivity contribution in [2.75, 3.05) is 0 Å². The molecule has 1 heterocycles. The van der Waals surface area contributed by atoms with Crippen LogP contribution in [0.4, 0.5) is 0 Å². The summed E-state index contributed by atoms with van der Waals surface area (Å²) in [5.41, 5.74) is 0.164. The second-order valence-corrected chi connectivity index (χ2v) is 2.98. The maximum absolute atomic E-state index is 10.3. The van der Waals surface area contributed by atoms with Crippen LogP contribution in [0.1, 0.15) is 5.69 Å². The van der Waals surface area contributed by atoms with Crippen LogP contribution in [0.2, 0.25) is 0 Å². The van der Waals surface area contributed by atoms with Gasteiger partial charge in [-0.2, -0.15) is 0 Å². The van der Waals surface area contributed by atoms with Crippen LogP contribution in [0.25, 0.3) is 0 Å². The fourth-order valence-corrected chi connectivity index (χ4v) is 1.09. The highest BCUT2D eigenvalue weighted by Crippen LogP contribution is 2.17. The average Bonchev–Trinajstić information content (AvgIpc) is 1.96. The molecular weight excluding hydrogens is 226 g/mol. The molecule has 0 amide bonds. The number of rotatable bonds is 2. The van der Waals surface area contributed by atoms with E-state index in [0.717, 1.165) is 0 Å². The van der Waals surface area contributed by atoms with Gasteiger partial charge < -0.3 is 10.2 Å². The molecule has 0 aliphatic carbocycles. The van der Waals surface area contributed by atoms with E-state index in [9.17, 15) is 4.79 Å². The number of halogens is 1. The van der Waals surface area contributed by atoms with Crippen LogP contribution in [-0.2, 0) is 11.2 Å². The lowest BCUT2D eigenvalue weighted by molar-refractivity contribution is -0.136. The van der Waals surface area contributed by atoms with Gasteiger partial charge in [-0.1, -0.05) is 0 Å². The van der Waals surface area contributed by atoms with Gasteiger partial charge in [-0.3, -0.25) is 4.79 Å². The summed E-state index contributed by atoms with van der Waals surface area (Å²) < 4.78 is 0.511. The monoisotopic (exact) mass is 231 g/mol. The van der Waals surface area contributed by atoms with E-state index >= 15 is 0 Å². The standard InChI is InChI=1S/C7H6BrNO3/c8-6-2-1-5(10)4(9-6)3-7(11)12/h1-2,10H,3H2,(H,11,12). The normalized spacial score (nSPS) is 9.75. The van der Waals surface area contributed by atoms with Crippen LogP contribution in [0.15, 0.2) is 16.7 Å². The van der Waals surface area contributed by atoms with Crippen LogP contribution < -0.4 is 0 Å². The van der Waals surface area contributed by atoms with Crippen LogP contribution in [0, 0.1) is 0 Å². The van der Waals surface area contributed by atoms with Crippen molar-refractivity contribution < 1.29 is 15.0 Å². The Hall–Kier alpha value is -1.10. The molecule has 5 heteroatoms. The Labute approximate surface area is 77.0 Å². The molecule has 0 saturated carbocycles. The molecule has 64 valence electrons. The first kappa shape index (κ1) is 8.99. The van der Waals surface area contributed by atoms with E-state index in [4.69, 9.17) is 10.2 Å². The Balaban J connectivity index is 2.97. The number of aromatic nitrogens is 1. The van der Waals surface area contributed by atoms with E-state index in [-0.39, 0.29) is 17.9 Å². The Morgan fingerprint density at radius 2 is 2.25 bits per heavy atom. The van der Waals surface area contributed by atoms with E-state index in [1.54, 1.807) is 6.07 Å². The lowest BCUT2D eigenvalue weighted by Gasteiger charge is -1.99. The third-order valence-corrected chi connectivity index (χ3v) is 1.68. The summed E-state index contributed by atoms with van der Waals surface area (Å²) in [6.45, 7) is 0. The van der Waals surface area contributed by atoms with E-state index in [2.05, 4.69) is 20.9 Å². The number of nitrogens with zero attached hydrogens (tertiary/aromatic N) is 1. The summed E-state index contributed by atoms with van der Waals surface area (Å²) in [6.07, 6.45) is -0.273. The molecule has 0 aliphatic rings. The molecule has 1 rings (SSSR count). The zero-order chi connectivity index (χ0) is 9.14. The molecule has 0 radical (unpaired) electrons. The Morgan fingerprint density at radius 1 is 1.58 bits per heavy atom. The first-order valence-electron chi connectivity index (χ1n) is 3.16. The first-order chi connectivity index (χ1) is 5.59. The first-order valence-corrected chi connectivity index (χ1v) is 3.95. The van der Waals surface area contributed by atoms with E-state index in [1.165, 1.54) is 6.07 Å². The summed E-state index contributed by atoms with van der Waals surface area (Å²) in [5.74, 6) is -1.11. The van der Waals surface area contributed by atoms with Crippen molar-refractivity contribution in [2.45, 2.75) is 6.42 Å². The van der Waals surface area contributed by atoms with E-state index in [1.807, 2.05) is 0 Å². The summed E-state index contributed by atoms with van der Waals surface area (Å²) >= 11 is 3.07. The van der Waals surface area contributed by atoms with Gasteiger partial charge in [0.25, 0.3) is 0 Å². The summed E-state index contributed by atoms with van der Waals surface area (Å²) in [6, 6.07) is 2.94. The fourth-order valence-electron chi connectivity index (χ4n) is 0.741. The molecular formula is C7H6BrNO3. The molecule has 0 bridgehead atoms. The molecule has 1 aromatic heterocycles. The minimum absolute atomic E-state index is 0.0967. The minimum Gasteiger partial charge on any atom is -0.506 e. The Bertz CT molecular complexity index is 314. The van der Waals surface area contributed by atoms with Crippen molar-refractivity contribution in [3.63, 3.8) is 0 Å². The van der Waals surface area contributed by atoms with Crippen LogP contribution in [0.5, 0.6) is 5.75 Å². The highest BCUT2D eigenvalue weighted by molar-refractivity contribution is 9.10. The van der Waals surface area contributed by atoms with Crippen molar-refractivity contribution in [3.05, 3.63) is 22.4 Å². The van der Waals surface area contributed by atoms with E-state index in [0.29, 0.717) is 4.60 Å².